The molecule has 2 N–H and O–H groups in total. The van der Waals surface area contributed by atoms with Crippen LogP contribution in [0.1, 0.15) is 29.2 Å². The lowest BCUT2D eigenvalue weighted by Gasteiger charge is -2.38. The molecular formula is C22H28ClN3O4S2. The normalized spacial score (nSPS) is 22.9. The Balaban J connectivity index is 0.000000523. The summed E-state index contributed by atoms with van der Waals surface area (Å²) in [5.74, 6) is 0. The maximum Gasteiger partial charge on any atom is 0.261 e. The zero-order valence-electron chi connectivity index (χ0n) is 18.3. The molecule has 1 fully saturated rings. The minimum absolute atomic E-state index is 0.182. The molecule has 0 amide bonds. The number of benzene rings is 2. The fourth-order valence-corrected chi connectivity index (χ4v) is 5.41. The lowest BCUT2D eigenvalue weighted by molar-refractivity contribution is -0.0712. The standard InChI is InChI=1S/C21H24ClN3OS.CH4O3S/c1-24(2)18-10-8-16(9-11-18)21(26)19(15-6-5-7-17(22)14-15)27-20-23-12-3-4-13-25(20)21;1-5(2,3)4/h5-11,14,19,26H,3-4,12-13H2,1-2H3;1H3,(H,2,3,4). The van der Waals surface area contributed by atoms with E-state index >= 15 is 0 Å². The molecule has 2 heterocycles. The molecule has 2 aliphatic rings. The summed E-state index contributed by atoms with van der Waals surface area (Å²) in [6, 6.07) is 16.0. The van der Waals surface area contributed by atoms with Crippen molar-refractivity contribution in [3.8, 4) is 0 Å². The molecular weight excluding hydrogens is 470 g/mol. The highest BCUT2D eigenvalue weighted by Gasteiger charge is 2.53. The molecule has 0 aliphatic carbocycles. The molecule has 174 valence electrons. The number of aliphatic imine (C=N–C) groups is 1. The Labute approximate surface area is 198 Å². The van der Waals surface area contributed by atoms with E-state index in [0.29, 0.717) is 11.3 Å². The third-order valence-electron chi connectivity index (χ3n) is 5.23. The van der Waals surface area contributed by atoms with Crippen molar-refractivity contribution in [3.05, 3.63) is 64.7 Å². The fraction of sp³-hybridized carbons (Fsp3) is 0.409. The van der Waals surface area contributed by atoms with Gasteiger partial charge in [-0.3, -0.25) is 9.55 Å². The van der Waals surface area contributed by atoms with Crippen molar-refractivity contribution in [2.24, 2.45) is 4.99 Å². The Morgan fingerprint density at radius 2 is 1.84 bits per heavy atom. The van der Waals surface area contributed by atoms with Crippen LogP contribution in [0.25, 0.3) is 0 Å². The van der Waals surface area contributed by atoms with Gasteiger partial charge in [0.2, 0.25) is 0 Å². The van der Waals surface area contributed by atoms with E-state index < -0.39 is 15.8 Å². The summed E-state index contributed by atoms with van der Waals surface area (Å²) in [4.78, 5) is 8.90. The Morgan fingerprint density at radius 3 is 2.44 bits per heavy atom. The van der Waals surface area contributed by atoms with E-state index in [2.05, 4.69) is 21.9 Å². The Morgan fingerprint density at radius 1 is 1.19 bits per heavy atom. The van der Waals surface area contributed by atoms with Crippen LogP contribution in [-0.2, 0) is 15.8 Å². The van der Waals surface area contributed by atoms with Crippen LogP contribution in [0.3, 0.4) is 0 Å². The van der Waals surface area contributed by atoms with E-state index in [4.69, 9.17) is 21.1 Å². The molecule has 0 spiro atoms. The number of aliphatic hydroxyl groups is 1. The summed E-state index contributed by atoms with van der Waals surface area (Å²) in [7, 11) is 0.368. The minimum atomic E-state index is -3.67. The molecule has 2 atom stereocenters. The number of anilines is 1. The predicted molar refractivity (Wildman–Crippen MR) is 132 cm³/mol. The summed E-state index contributed by atoms with van der Waals surface area (Å²) in [5, 5.41) is 13.5. The smallest absolute Gasteiger partial charge is 0.261 e. The van der Waals surface area contributed by atoms with Gasteiger partial charge in [0, 0.05) is 43.5 Å². The van der Waals surface area contributed by atoms with Gasteiger partial charge in [-0.2, -0.15) is 8.42 Å². The van der Waals surface area contributed by atoms with E-state index in [0.717, 1.165) is 47.9 Å². The first kappa shape index (κ1) is 24.9. The quantitative estimate of drug-likeness (QED) is 0.619. The molecule has 32 heavy (non-hydrogen) atoms. The summed E-state index contributed by atoms with van der Waals surface area (Å²) in [6.45, 7) is 1.62. The van der Waals surface area contributed by atoms with Crippen molar-refractivity contribution in [3.63, 3.8) is 0 Å². The highest BCUT2D eigenvalue weighted by molar-refractivity contribution is 8.14. The van der Waals surface area contributed by atoms with Crippen LogP contribution in [0.15, 0.2) is 53.5 Å². The maximum atomic E-state index is 12.1. The summed E-state index contributed by atoms with van der Waals surface area (Å²) in [5.41, 5.74) is 1.86. The second-order valence-electron chi connectivity index (χ2n) is 7.98. The van der Waals surface area contributed by atoms with Crippen LogP contribution in [0.4, 0.5) is 5.69 Å². The summed E-state index contributed by atoms with van der Waals surface area (Å²) in [6.07, 6.45) is 2.79. The van der Waals surface area contributed by atoms with Crippen LogP contribution < -0.4 is 4.90 Å². The molecule has 0 bridgehead atoms. The Hall–Kier alpha value is -1.78. The summed E-state index contributed by atoms with van der Waals surface area (Å²) >= 11 is 7.90. The largest absolute Gasteiger partial charge is 0.378 e. The third kappa shape index (κ3) is 5.77. The maximum absolute atomic E-state index is 12.1. The van der Waals surface area contributed by atoms with E-state index in [1.165, 1.54) is 0 Å². The highest BCUT2D eigenvalue weighted by Crippen LogP contribution is 2.55. The average molecular weight is 498 g/mol. The Kier molecular flexibility index (Phi) is 7.77. The van der Waals surface area contributed by atoms with Crippen LogP contribution in [0.5, 0.6) is 0 Å². The molecule has 2 aromatic carbocycles. The van der Waals surface area contributed by atoms with Crippen molar-refractivity contribution >= 4 is 44.3 Å². The van der Waals surface area contributed by atoms with Gasteiger partial charge in [-0.05, 0) is 42.7 Å². The van der Waals surface area contributed by atoms with Crippen LogP contribution in [-0.4, -0.2) is 61.6 Å². The van der Waals surface area contributed by atoms with Crippen molar-refractivity contribution in [2.75, 3.05) is 38.3 Å². The molecule has 2 unspecified atom stereocenters. The van der Waals surface area contributed by atoms with Gasteiger partial charge >= 0.3 is 0 Å². The molecule has 0 saturated carbocycles. The molecule has 2 aliphatic heterocycles. The number of halogens is 1. The number of fused-ring (bicyclic) bond motifs is 1. The van der Waals surface area contributed by atoms with E-state index in [9.17, 15) is 13.5 Å². The lowest BCUT2D eigenvalue weighted by atomic mass is 9.92. The zero-order valence-corrected chi connectivity index (χ0v) is 20.7. The van der Waals surface area contributed by atoms with Gasteiger partial charge in [-0.15, -0.1) is 0 Å². The molecule has 0 radical (unpaired) electrons. The molecule has 1 saturated heterocycles. The van der Waals surface area contributed by atoms with Crippen LogP contribution in [0, 0.1) is 0 Å². The summed E-state index contributed by atoms with van der Waals surface area (Å²) < 4.78 is 25.9. The fourth-order valence-electron chi connectivity index (χ4n) is 3.77. The first-order valence-electron chi connectivity index (χ1n) is 10.2. The predicted octanol–water partition coefficient (Wildman–Crippen LogP) is 4.00. The van der Waals surface area contributed by atoms with Crippen LogP contribution in [0.2, 0.25) is 5.02 Å². The van der Waals surface area contributed by atoms with Crippen LogP contribution >= 0.6 is 23.4 Å². The highest BCUT2D eigenvalue weighted by atomic mass is 35.5. The van der Waals surface area contributed by atoms with E-state index in [-0.39, 0.29) is 5.25 Å². The van der Waals surface area contributed by atoms with Gasteiger partial charge < -0.3 is 14.9 Å². The minimum Gasteiger partial charge on any atom is -0.378 e. The molecule has 2 aromatic rings. The van der Waals surface area contributed by atoms with E-state index in [1.807, 2.05) is 50.5 Å². The van der Waals surface area contributed by atoms with Gasteiger partial charge in [-0.25, -0.2) is 0 Å². The van der Waals surface area contributed by atoms with Gasteiger partial charge in [0.15, 0.2) is 10.9 Å². The first-order valence-corrected chi connectivity index (χ1v) is 13.3. The lowest BCUT2D eigenvalue weighted by Crippen LogP contribution is -2.46. The first-order chi connectivity index (χ1) is 15.0. The zero-order chi connectivity index (χ0) is 23.5. The average Bonchev–Trinajstić information content (AvgIpc) is 2.85. The third-order valence-corrected chi connectivity index (χ3v) is 6.86. The molecule has 10 heteroatoms. The topological polar surface area (TPSA) is 93.4 Å². The van der Waals surface area contributed by atoms with E-state index in [1.54, 1.807) is 11.8 Å². The number of hydrogen-bond donors (Lipinski definition) is 2. The number of nitrogens with zero attached hydrogens (tertiary/aromatic N) is 3. The second-order valence-corrected chi connectivity index (χ2v) is 11.0. The monoisotopic (exact) mass is 497 g/mol. The molecule has 4 rings (SSSR count). The van der Waals surface area contributed by atoms with Gasteiger partial charge in [-0.1, -0.05) is 47.6 Å². The van der Waals surface area contributed by atoms with Gasteiger partial charge in [0.1, 0.15) is 0 Å². The molecule has 0 aromatic heterocycles. The van der Waals surface area contributed by atoms with Gasteiger partial charge in [0.25, 0.3) is 10.1 Å². The van der Waals surface area contributed by atoms with Gasteiger partial charge in [0.05, 0.1) is 11.5 Å². The van der Waals surface area contributed by atoms with Crippen molar-refractivity contribution in [1.82, 2.24) is 4.90 Å². The number of amidine groups is 1. The number of thioether (sulfide) groups is 1. The Bertz CT molecular complexity index is 1070. The van der Waals surface area contributed by atoms with Crippen molar-refractivity contribution in [1.29, 1.82) is 0 Å². The van der Waals surface area contributed by atoms with Crippen molar-refractivity contribution < 1.29 is 18.1 Å². The number of rotatable bonds is 3. The SMILES string of the molecule is CN(C)c1ccc(C2(O)C(c3cccc(Cl)c3)SC3=NCCCCN32)cc1.CS(=O)(=O)O. The van der Waals surface area contributed by atoms with Crippen molar-refractivity contribution in [2.45, 2.75) is 23.8 Å². The molecule has 7 nitrogen and oxygen atoms in total. The second kappa shape index (κ2) is 10.0. The number of hydrogen-bond acceptors (Lipinski definition) is 7.